The Balaban J connectivity index is 0. The second kappa shape index (κ2) is 7.10. The molecule has 0 fully saturated rings. The van der Waals surface area contributed by atoms with E-state index in [1.807, 2.05) is 27.7 Å². The summed E-state index contributed by atoms with van der Waals surface area (Å²) in [7, 11) is 1.63. The van der Waals surface area contributed by atoms with Gasteiger partial charge in [0.25, 0.3) is 0 Å². The molecule has 1 amide bonds. The Bertz CT molecular complexity index is 122. The average Bonchev–Trinajstić information content (AvgIpc) is 2.05. The highest BCUT2D eigenvalue weighted by molar-refractivity contribution is 5.72. The molecule has 0 atom stereocenters. The lowest BCUT2D eigenvalue weighted by atomic mass is 10.1. The van der Waals surface area contributed by atoms with Crippen LogP contribution in [0.5, 0.6) is 0 Å². The highest BCUT2D eigenvalue weighted by Gasteiger charge is 2.15. The minimum Gasteiger partial charge on any atom is -0.377 e. The maximum Gasteiger partial charge on any atom is 0.216 e. The van der Waals surface area contributed by atoms with Gasteiger partial charge in [-0.15, -0.1) is 0 Å². The molecule has 0 aliphatic rings. The number of hydrogen-bond acceptors (Lipinski definition) is 2. The number of methoxy groups -OCH3 is 1. The van der Waals surface area contributed by atoms with E-state index >= 15 is 0 Å². The van der Waals surface area contributed by atoms with Gasteiger partial charge in [-0.25, -0.2) is 0 Å². The van der Waals surface area contributed by atoms with Crippen molar-refractivity contribution in [3.8, 4) is 0 Å². The van der Waals surface area contributed by atoms with Gasteiger partial charge >= 0.3 is 0 Å². The van der Waals surface area contributed by atoms with E-state index in [0.717, 1.165) is 0 Å². The summed E-state index contributed by atoms with van der Waals surface area (Å²) in [4.78, 5) is 10.4. The summed E-state index contributed by atoms with van der Waals surface area (Å²) in [5.74, 6) is -0.0230. The van der Waals surface area contributed by atoms with Crippen LogP contribution in [-0.4, -0.2) is 25.2 Å². The predicted molar refractivity (Wildman–Crippen MR) is 51.1 cm³/mol. The molecule has 0 aliphatic heterocycles. The first-order valence-electron chi connectivity index (χ1n) is 4.27. The SMILES string of the molecule is CC.COC(C)(C)CNC(C)=O. The van der Waals surface area contributed by atoms with Gasteiger partial charge in [0.1, 0.15) is 0 Å². The Kier molecular flexibility index (Phi) is 8.27. The molecule has 3 nitrogen and oxygen atoms in total. The molecule has 0 rings (SSSR count). The number of hydrogen-bond donors (Lipinski definition) is 1. The first kappa shape index (κ1) is 14.0. The van der Waals surface area contributed by atoms with E-state index in [0.29, 0.717) is 6.54 Å². The molecule has 0 spiro atoms. The van der Waals surface area contributed by atoms with Crippen molar-refractivity contribution in [2.24, 2.45) is 0 Å². The highest BCUT2D eigenvalue weighted by Crippen LogP contribution is 2.03. The highest BCUT2D eigenvalue weighted by atomic mass is 16.5. The van der Waals surface area contributed by atoms with Crippen LogP contribution < -0.4 is 5.32 Å². The molecule has 0 bridgehead atoms. The summed E-state index contributed by atoms with van der Waals surface area (Å²) in [5, 5.41) is 2.67. The third-order valence-corrected chi connectivity index (χ3v) is 1.32. The Labute approximate surface area is 75.5 Å². The summed E-state index contributed by atoms with van der Waals surface area (Å²) in [6.07, 6.45) is 0. The second-order valence-corrected chi connectivity index (χ2v) is 2.87. The maximum absolute atomic E-state index is 10.4. The molecule has 0 unspecified atom stereocenters. The number of carbonyl (C=O) groups is 1. The Morgan fingerprint density at radius 3 is 2.08 bits per heavy atom. The maximum atomic E-state index is 10.4. The van der Waals surface area contributed by atoms with E-state index in [-0.39, 0.29) is 11.5 Å². The standard InChI is InChI=1S/C7H15NO2.C2H6/c1-6(9)8-5-7(2,3)10-4;1-2/h5H2,1-4H3,(H,8,9);1-2H3. The van der Waals surface area contributed by atoms with E-state index < -0.39 is 0 Å². The molecule has 74 valence electrons. The number of ether oxygens (including phenoxy) is 1. The topological polar surface area (TPSA) is 38.3 Å². The van der Waals surface area contributed by atoms with Crippen LogP contribution in [0.25, 0.3) is 0 Å². The molecule has 0 heterocycles. The molecule has 0 aromatic rings. The van der Waals surface area contributed by atoms with Crippen molar-refractivity contribution in [2.45, 2.75) is 40.2 Å². The van der Waals surface area contributed by atoms with Gasteiger partial charge in [-0.2, -0.15) is 0 Å². The van der Waals surface area contributed by atoms with Gasteiger partial charge in [0.2, 0.25) is 5.91 Å². The molecule has 0 aromatic carbocycles. The number of carbonyl (C=O) groups excluding carboxylic acids is 1. The van der Waals surface area contributed by atoms with Crippen LogP contribution in [0.3, 0.4) is 0 Å². The van der Waals surface area contributed by atoms with E-state index in [9.17, 15) is 4.79 Å². The average molecular weight is 175 g/mol. The molecular formula is C9H21NO2. The van der Waals surface area contributed by atoms with Crippen LogP contribution in [0.2, 0.25) is 0 Å². The van der Waals surface area contributed by atoms with Crippen LogP contribution in [0.15, 0.2) is 0 Å². The minimum atomic E-state index is -0.258. The summed E-state index contributed by atoms with van der Waals surface area (Å²) >= 11 is 0. The minimum absolute atomic E-state index is 0.0230. The van der Waals surface area contributed by atoms with Crippen molar-refractivity contribution in [2.75, 3.05) is 13.7 Å². The predicted octanol–water partition coefficient (Wildman–Crippen LogP) is 1.57. The number of rotatable bonds is 3. The van der Waals surface area contributed by atoms with Gasteiger partial charge in [0.15, 0.2) is 0 Å². The largest absolute Gasteiger partial charge is 0.377 e. The molecular weight excluding hydrogens is 154 g/mol. The molecule has 1 N–H and O–H groups in total. The quantitative estimate of drug-likeness (QED) is 0.707. The van der Waals surface area contributed by atoms with Crippen molar-refractivity contribution in [1.82, 2.24) is 5.32 Å². The fourth-order valence-electron chi connectivity index (χ4n) is 0.410. The van der Waals surface area contributed by atoms with Gasteiger partial charge < -0.3 is 10.1 Å². The summed E-state index contributed by atoms with van der Waals surface area (Å²) < 4.78 is 5.07. The zero-order chi connectivity index (χ0) is 10.2. The molecule has 0 aliphatic carbocycles. The lowest BCUT2D eigenvalue weighted by Crippen LogP contribution is -2.38. The Morgan fingerprint density at radius 2 is 1.83 bits per heavy atom. The van der Waals surface area contributed by atoms with Crippen LogP contribution >= 0.6 is 0 Å². The normalized spacial score (nSPS) is 9.83. The van der Waals surface area contributed by atoms with Crippen molar-refractivity contribution in [3.05, 3.63) is 0 Å². The molecule has 12 heavy (non-hydrogen) atoms. The van der Waals surface area contributed by atoms with Crippen molar-refractivity contribution < 1.29 is 9.53 Å². The Morgan fingerprint density at radius 1 is 1.42 bits per heavy atom. The summed E-state index contributed by atoms with van der Waals surface area (Å²) in [6.45, 7) is 9.89. The number of nitrogens with one attached hydrogen (secondary N) is 1. The fraction of sp³-hybridized carbons (Fsp3) is 0.889. The molecule has 0 radical (unpaired) electrons. The Hall–Kier alpha value is -0.570. The fourth-order valence-corrected chi connectivity index (χ4v) is 0.410. The third-order valence-electron chi connectivity index (χ3n) is 1.32. The van der Waals surface area contributed by atoms with Crippen molar-refractivity contribution in [1.29, 1.82) is 0 Å². The molecule has 0 saturated heterocycles. The van der Waals surface area contributed by atoms with Crippen LogP contribution in [0, 0.1) is 0 Å². The van der Waals surface area contributed by atoms with Crippen molar-refractivity contribution in [3.63, 3.8) is 0 Å². The van der Waals surface area contributed by atoms with E-state index in [4.69, 9.17) is 4.74 Å². The van der Waals surface area contributed by atoms with Gasteiger partial charge in [0, 0.05) is 20.6 Å². The monoisotopic (exact) mass is 175 g/mol. The summed E-state index contributed by atoms with van der Waals surface area (Å²) in [5.41, 5.74) is -0.258. The molecule has 0 saturated carbocycles. The van der Waals surface area contributed by atoms with Crippen LogP contribution in [-0.2, 0) is 9.53 Å². The van der Waals surface area contributed by atoms with E-state index in [1.54, 1.807) is 7.11 Å². The number of amides is 1. The van der Waals surface area contributed by atoms with Gasteiger partial charge in [0.05, 0.1) is 5.60 Å². The van der Waals surface area contributed by atoms with Crippen LogP contribution in [0.1, 0.15) is 34.6 Å². The van der Waals surface area contributed by atoms with E-state index in [2.05, 4.69) is 5.32 Å². The smallest absolute Gasteiger partial charge is 0.216 e. The first-order valence-corrected chi connectivity index (χ1v) is 4.27. The molecule has 3 heteroatoms. The van der Waals surface area contributed by atoms with Crippen molar-refractivity contribution >= 4 is 5.91 Å². The van der Waals surface area contributed by atoms with Gasteiger partial charge in [-0.05, 0) is 13.8 Å². The van der Waals surface area contributed by atoms with Crippen LogP contribution in [0.4, 0.5) is 0 Å². The zero-order valence-electron chi connectivity index (χ0n) is 9.02. The van der Waals surface area contributed by atoms with Gasteiger partial charge in [-0.1, -0.05) is 13.8 Å². The lowest BCUT2D eigenvalue weighted by molar-refractivity contribution is -0.120. The summed E-state index contributed by atoms with van der Waals surface area (Å²) in [6, 6.07) is 0. The first-order chi connectivity index (χ1) is 5.48. The molecule has 0 aromatic heterocycles. The zero-order valence-corrected chi connectivity index (χ0v) is 9.02. The second-order valence-electron chi connectivity index (χ2n) is 2.87. The third kappa shape index (κ3) is 9.43. The van der Waals surface area contributed by atoms with Gasteiger partial charge in [-0.3, -0.25) is 4.79 Å². The van der Waals surface area contributed by atoms with E-state index in [1.165, 1.54) is 6.92 Å². The lowest BCUT2D eigenvalue weighted by Gasteiger charge is -2.22.